The van der Waals surface area contributed by atoms with Gasteiger partial charge in [0.05, 0.1) is 4.90 Å². The largest absolute Gasteiger partial charge is 0.332 e. The molecule has 2 nitrogen and oxygen atoms in total. The minimum atomic E-state index is -4.55. The molecule has 0 bridgehead atoms. The lowest BCUT2D eigenvalue weighted by Crippen LogP contribution is -1.93. The molecule has 0 aliphatic carbocycles. The zero-order valence-electron chi connectivity index (χ0n) is 8.83. The number of alkyl halides is 1. The van der Waals surface area contributed by atoms with Gasteiger partial charge in [-0.15, -0.1) is 3.89 Å². The molecule has 0 aliphatic rings. The average Bonchev–Trinajstić information content (AvgIpc) is 2.24. The van der Waals surface area contributed by atoms with Gasteiger partial charge in [-0.3, -0.25) is 0 Å². The van der Waals surface area contributed by atoms with Gasteiger partial charge in [0.25, 0.3) is 0 Å². The van der Waals surface area contributed by atoms with E-state index in [-0.39, 0.29) is 4.90 Å². The number of hydrogen-bond donors (Lipinski definition) is 0. The number of rotatable bonds is 6. The van der Waals surface area contributed by atoms with E-state index < -0.39 is 10.2 Å². The summed E-state index contributed by atoms with van der Waals surface area (Å²) in [6, 6.07) is 5.96. The molecule has 0 fully saturated rings. The summed E-state index contributed by atoms with van der Waals surface area (Å²) in [7, 11) is -4.55. The van der Waals surface area contributed by atoms with Crippen LogP contribution < -0.4 is 0 Å². The fraction of sp³-hybridized carbons (Fsp3) is 0.455. The Labute approximate surface area is 104 Å². The van der Waals surface area contributed by atoms with Crippen molar-refractivity contribution in [3.8, 4) is 0 Å². The van der Waals surface area contributed by atoms with Gasteiger partial charge in [0.2, 0.25) is 0 Å². The van der Waals surface area contributed by atoms with E-state index in [0.717, 1.165) is 36.6 Å². The summed E-state index contributed by atoms with van der Waals surface area (Å²) in [6.07, 6.45) is 4.23. The van der Waals surface area contributed by atoms with Crippen LogP contribution in [0.1, 0.15) is 24.8 Å². The van der Waals surface area contributed by atoms with Gasteiger partial charge in [0.15, 0.2) is 0 Å². The lowest BCUT2D eigenvalue weighted by Gasteiger charge is -2.01. The van der Waals surface area contributed by atoms with Crippen molar-refractivity contribution in [3.63, 3.8) is 0 Å². The highest BCUT2D eigenvalue weighted by molar-refractivity contribution is 9.09. The van der Waals surface area contributed by atoms with Crippen molar-refractivity contribution in [3.05, 3.63) is 29.8 Å². The fourth-order valence-corrected chi connectivity index (χ4v) is 2.28. The van der Waals surface area contributed by atoms with Crippen molar-refractivity contribution in [2.24, 2.45) is 0 Å². The zero-order valence-corrected chi connectivity index (χ0v) is 11.2. The van der Waals surface area contributed by atoms with Crippen molar-refractivity contribution in [2.75, 3.05) is 5.33 Å². The maximum Gasteiger partial charge on any atom is 0.332 e. The van der Waals surface area contributed by atoms with E-state index >= 15 is 0 Å². The van der Waals surface area contributed by atoms with E-state index in [9.17, 15) is 12.3 Å². The molecular weight excluding hydrogens is 295 g/mol. The van der Waals surface area contributed by atoms with Crippen molar-refractivity contribution in [1.29, 1.82) is 0 Å². The Morgan fingerprint density at radius 3 is 2.19 bits per heavy atom. The number of hydrogen-bond acceptors (Lipinski definition) is 2. The summed E-state index contributed by atoms with van der Waals surface area (Å²) in [5, 5.41) is 1.01. The third-order valence-electron chi connectivity index (χ3n) is 2.30. The first-order valence-electron chi connectivity index (χ1n) is 5.13. The van der Waals surface area contributed by atoms with E-state index in [2.05, 4.69) is 15.9 Å². The Morgan fingerprint density at radius 1 is 1.06 bits per heavy atom. The molecular formula is C11H14BrFO2S. The van der Waals surface area contributed by atoms with Crippen LogP contribution in [0.5, 0.6) is 0 Å². The van der Waals surface area contributed by atoms with Gasteiger partial charge >= 0.3 is 10.2 Å². The van der Waals surface area contributed by atoms with E-state index in [0.29, 0.717) is 0 Å². The normalized spacial score (nSPS) is 11.6. The molecule has 0 aromatic heterocycles. The third kappa shape index (κ3) is 4.61. The first kappa shape index (κ1) is 13.6. The highest BCUT2D eigenvalue weighted by Crippen LogP contribution is 2.14. The first-order chi connectivity index (χ1) is 7.54. The topological polar surface area (TPSA) is 34.1 Å². The van der Waals surface area contributed by atoms with Gasteiger partial charge in [-0.2, -0.15) is 8.42 Å². The van der Waals surface area contributed by atoms with Crippen molar-refractivity contribution < 1.29 is 12.3 Å². The minimum absolute atomic E-state index is 0.267. The molecule has 0 amide bonds. The molecule has 0 unspecified atom stereocenters. The second-order valence-electron chi connectivity index (χ2n) is 3.58. The molecule has 0 atom stereocenters. The monoisotopic (exact) mass is 308 g/mol. The highest BCUT2D eigenvalue weighted by Gasteiger charge is 2.10. The summed E-state index contributed by atoms with van der Waals surface area (Å²) < 4.78 is 33.7. The first-order valence-corrected chi connectivity index (χ1v) is 7.64. The second kappa shape index (κ2) is 6.35. The standard InChI is InChI=1S/C11H14BrFO2S/c12-9-3-1-2-4-10-5-7-11(8-6-10)16(13,14)15/h5-8H,1-4,9H2. The zero-order chi connectivity index (χ0) is 12.0. The molecule has 1 aromatic rings. The molecule has 0 aliphatic heterocycles. The maximum atomic E-state index is 12.6. The SMILES string of the molecule is O=S(=O)(F)c1ccc(CCCCCBr)cc1. The van der Waals surface area contributed by atoms with Crippen molar-refractivity contribution in [1.82, 2.24) is 0 Å². The van der Waals surface area contributed by atoms with Crippen LogP contribution in [0.15, 0.2) is 29.2 Å². The highest BCUT2D eigenvalue weighted by atomic mass is 79.9. The molecule has 1 aromatic carbocycles. The summed E-state index contributed by atoms with van der Waals surface area (Å²) in [5.41, 5.74) is 1.04. The van der Waals surface area contributed by atoms with Crippen LogP contribution in [0, 0.1) is 0 Å². The summed E-state index contributed by atoms with van der Waals surface area (Å²) in [5.74, 6) is 0. The molecule has 0 N–H and O–H groups in total. The number of aryl methyl sites for hydroxylation is 1. The van der Waals surface area contributed by atoms with Crippen LogP contribution in [0.3, 0.4) is 0 Å². The lowest BCUT2D eigenvalue weighted by molar-refractivity contribution is 0.552. The van der Waals surface area contributed by atoms with Crippen LogP contribution in [0.25, 0.3) is 0 Å². The molecule has 16 heavy (non-hydrogen) atoms. The summed E-state index contributed by atoms with van der Waals surface area (Å²) >= 11 is 3.36. The second-order valence-corrected chi connectivity index (χ2v) is 5.72. The van der Waals surface area contributed by atoms with Crippen LogP contribution in [-0.2, 0) is 16.6 Å². The van der Waals surface area contributed by atoms with Crippen molar-refractivity contribution in [2.45, 2.75) is 30.6 Å². The van der Waals surface area contributed by atoms with Gasteiger partial charge in [-0.25, -0.2) is 0 Å². The Kier molecular flexibility index (Phi) is 5.41. The third-order valence-corrected chi connectivity index (χ3v) is 3.70. The quantitative estimate of drug-likeness (QED) is 0.458. The molecule has 90 valence electrons. The van der Waals surface area contributed by atoms with Crippen molar-refractivity contribution >= 4 is 26.2 Å². The Hall–Kier alpha value is -0.420. The molecule has 0 saturated heterocycles. The molecule has 0 heterocycles. The minimum Gasteiger partial charge on any atom is -0.189 e. The van der Waals surface area contributed by atoms with E-state index in [4.69, 9.17) is 0 Å². The van der Waals surface area contributed by atoms with Crippen LogP contribution >= 0.6 is 15.9 Å². The average molecular weight is 309 g/mol. The number of benzene rings is 1. The fourth-order valence-electron chi connectivity index (χ4n) is 1.42. The van der Waals surface area contributed by atoms with E-state index in [1.54, 1.807) is 12.1 Å². The van der Waals surface area contributed by atoms with Gasteiger partial charge in [-0.1, -0.05) is 34.5 Å². The molecule has 0 spiro atoms. The summed E-state index contributed by atoms with van der Waals surface area (Å²) in [6.45, 7) is 0. The van der Waals surface area contributed by atoms with Gasteiger partial charge in [-0.05, 0) is 37.0 Å². The van der Waals surface area contributed by atoms with E-state index in [1.807, 2.05) is 0 Å². The Morgan fingerprint density at radius 2 is 1.69 bits per heavy atom. The number of unbranched alkanes of at least 4 members (excludes halogenated alkanes) is 2. The van der Waals surface area contributed by atoms with E-state index in [1.165, 1.54) is 12.1 Å². The molecule has 5 heteroatoms. The van der Waals surface area contributed by atoms with Gasteiger partial charge in [0.1, 0.15) is 0 Å². The maximum absolute atomic E-state index is 12.6. The predicted octanol–water partition coefficient (Wildman–Crippen LogP) is 3.45. The Balaban J connectivity index is 2.52. The lowest BCUT2D eigenvalue weighted by atomic mass is 10.1. The van der Waals surface area contributed by atoms with Crippen LogP contribution in [0.4, 0.5) is 3.89 Å². The predicted molar refractivity (Wildman–Crippen MR) is 66.1 cm³/mol. The number of halogens is 2. The molecule has 1 rings (SSSR count). The molecule has 0 saturated carbocycles. The molecule has 0 radical (unpaired) electrons. The summed E-state index contributed by atoms with van der Waals surface area (Å²) in [4.78, 5) is -0.267. The van der Waals surface area contributed by atoms with Crippen LogP contribution in [0.2, 0.25) is 0 Å². The Bertz CT molecular complexity index is 414. The smallest absolute Gasteiger partial charge is 0.189 e. The van der Waals surface area contributed by atoms with Gasteiger partial charge < -0.3 is 0 Å². The van der Waals surface area contributed by atoms with Gasteiger partial charge in [0, 0.05) is 5.33 Å². The van der Waals surface area contributed by atoms with Crippen LogP contribution in [-0.4, -0.2) is 13.7 Å².